The predicted octanol–water partition coefficient (Wildman–Crippen LogP) is 4.39. The maximum atomic E-state index is 13.4. The Morgan fingerprint density at radius 2 is 1.66 bits per heavy atom. The lowest BCUT2D eigenvalue weighted by Crippen LogP contribution is -2.41. The highest BCUT2D eigenvalue weighted by Crippen LogP contribution is 2.27. The van der Waals surface area contributed by atoms with Crippen molar-refractivity contribution < 1.29 is 17.6 Å². The molecular weight excluding hydrogens is 427 g/mol. The Hall–Kier alpha value is -3.19. The van der Waals surface area contributed by atoms with Crippen molar-refractivity contribution in [3.8, 4) is 0 Å². The van der Waals surface area contributed by atoms with Crippen LogP contribution in [0, 0.1) is 19.7 Å². The number of nitrogens with one attached hydrogen (secondary N) is 1. The molecule has 3 aromatic rings. The third-order valence-corrected chi connectivity index (χ3v) is 6.90. The Labute approximate surface area is 188 Å². The van der Waals surface area contributed by atoms with Crippen LogP contribution in [0.15, 0.2) is 77.7 Å². The van der Waals surface area contributed by atoms with Crippen molar-refractivity contribution in [2.45, 2.75) is 31.6 Å². The second-order valence-electron chi connectivity index (χ2n) is 7.69. The molecule has 0 aliphatic rings. The highest BCUT2D eigenvalue weighted by atomic mass is 32.2. The van der Waals surface area contributed by atoms with E-state index >= 15 is 0 Å². The van der Waals surface area contributed by atoms with Crippen molar-refractivity contribution in [3.63, 3.8) is 0 Å². The smallest absolute Gasteiger partial charge is 0.264 e. The lowest BCUT2D eigenvalue weighted by atomic mass is 10.1. The molecule has 0 radical (unpaired) electrons. The molecular formula is C25H27FN2O3S. The fourth-order valence-corrected chi connectivity index (χ4v) is 4.86. The van der Waals surface area contributed by atoms with Crippen LogP contribution in [0.3, 0.4) is 0 Å². The Balaban J connectivity index is 1.73. The maximum absolute atomic E-state index is 13.4. The molecule has 0 saturated carbocycles. The quantitative estimate of drug-likeness (QED) is 0.488. The number of hydrogen-bond acceptors (Lipinski definition) is 3. The Morgan fingerprint density at radius 1 is 0.969 bits per heavy atom. The first-order valence-electron chi connectivity index (χ1n) is 10.4. The van der Waals surface area contributed by atoms with Gasteiger partial charge in [-0.1, -0.05) is 42.5 Å². The van der Waals surface area contributed by atoms with Crippen molar-refractivity contribution in [2.24, 2.45) is 0 Å². The zero-order valence-electron chi connectivity index (χ0n) is 18.2. The van der Waals surface area contributed by atoms with E-state index in [-0.39, 0.29) is 23.2 Å². The fraction of sp³-hybridized carbons (Fsp3) is 0.240. The van der Waals surface area contributed by atoms with Gasteiger partial charge in [-0.2, -0.15) is 0 Å². The van der Waals surface area contributed by atoms with Crippen LogP contribution in [0.5, 0.6) is 0 Å². The molecule has 168 valence electrons. The van der Waals surface area contributed by atoms with Crippen LogP contribution in [0.25, 0.3) is 0 Å². The van der Waals surface area contributed by atoms with Crippen LogP contribution < -0.4 is 9.62 Å². The average molecular weight is 455 g/mol. The highest BCUT2D eigenvalue weighted by Gasteiger charge is 2.28. The van der Waals surface area contributed by atoms with Crippen LogP contribution in [-0.4, -0.2) is 27.4 Å². The molecule has 0 aliphatic carbocycles. The Morgan fingerprint density at radius 3 is 2.34 bits per heavy atom. The summed E-state index contributed by atoms with van der Waals surface area (Å²) in [5.74, 6) is -0.669. The lowest BCUT2D eigenvalue weighted by molar-refractivity contribution is -0.119. The van der Waals surface area contributed by atoms with Gasteiger partial charge < -0.3 is 5.32 Å². The molecule has 0 spiro atoms. The van der Waals surface area contributed by atoms with E-state index in [1.807, 2.05) is 26.0 Å². The van der Waals surface area contributed by atoms with E-state index in [0.717, 1.165) is 16.7 Å². The van der Waals surface area contributed by atoms with Gasteiger partial charge in [0.2, 0.25) is 5.91 Å². The molecule has 3 rings (SSSR count). The summed E-state index contributed by atoms with van der Waals surface area (Å²) >= 11 is 0. The van der Waals surface area contributed by atoms with E-state index in [2.05, 4.69) is 5.32 Å². The molecule has 0 fully saturated rings. The van der Waals surface area contributed by atoms with Crippen molar-refractivity contribution in [1.82, 2.24) is 5.32 Å². The molecule has 0 unspecified atom stereocenters. The van der Waals surface area contributed by atoms with Gasteiger partial charge >= 0.3 is 0 Å². The molecule has 32 heavy (non-hydrogen) atoms. The minimum atomic E-state index is -3.93. The van der Waals surface area contributed by atoms with Gasteiger partial charge in [0, 0.05) is 6.54 Å². The second kappa shape index (κ2) is 10.4. The first-order valence-corrected chi connectivity index (χ1v) is 11.9. The third-order valence-electron chi connectivity index (χ3n) is 5.13. The summed E-state index contributed by atoms with van der Waals surface area (Å²) < 4.78 is 40.9. The van der Waals surface area contributed by atoms with Crippen LogP contribution >= 0.6 is 0 Å². The van der Waals surface area contributed by atoms with E-state index < -0.39 is 10.0 Å². The van der Waals surface area contributed by atoms with E-state index in [4.69, 9.17) is 0 Å². The van der Waals surface area contributed by atoms with E-state index in [0.29, 0.717) is 25.1 Å². The normalized spacial score (nSPS) is 11.2. The van der Waals surface area contributed by atoms with Crippen LogP contribution in [0.2, 0.25) is 0 Å². The molecule has 1 amide bonds. The summed E-state index contributed by atoms with van der Waals surface area (Å²) in [4.78, 5) is 12.8. The molecule has 0 aromatic heterocycles. The van der Waals surface area contributed by atoms with Crippen LogP contribution in [0.4, 0.5) is 10.1 Å². The number of hydrogen-bond donors (Lipinski definition) is 1. The van der Waals surface area contributed by atoms with Crippen molar-refractivity contribution in [2.75, 3.05) is 17.4 Å². The molecule has 0 atom stereocenters. The standard InChI is InChI=1S/C25H27FN2O3S/c1-19-10-11-20(2)24(17-19)28(32(30,31)23-8-4-3-5-9-23)18-25(29)27-16-6-7-21-12-14-22(26)15-13-21/h3-5,8-15,17H,6-7,16,18H2,1-2H3,(H,27,29). The highest BCUT2D eigenvalue weighted by molar-refractivity contribution is 7.92. The summed E-state index contributed by atoms with van der Waals surface area (Å²) in [5.41, 5.74) is 3.12. The van der Waals surface area contributed by atoms with Crippen LogP contribution in [-0.2, 0) is 21.2 Å². The molecule has 0 aliphatic heterocycles. The molecule has 0 bridgehead atoms. The zero-order chi connectivity index (χ0) is 23.1. The number of nitrogens with zero attached hydrogens (tertiary/aromatic N) is 1. The van der Waals surface area contributed by atoms with Gasteiger partial charge in [0.1, 0.15) is 12.4 Å². The lowest BCUT2D eigenvalue weighted by Gasteiger charge is -2.26. The van der Waals surface area contributed by atoms with Crippen molar-refractivity contribution in [1.29, 1.82) is 0 Å². The molecule has 1 N–H and O–H groups in total. The predicted molar refractivity (Wildman–Crippen MR) is 125 cm³/mol. The van der Waals surface area contributed by atoms with E-state index in [1.165, 1.54) is 28.6 Å². The number of aryl methyl sites for hydroxylation is 3. The number of benzene rings is 3. The third kappa shape index (κ3) is 5.95. The second-order valence-corrected chi connectivity index (χ2v) is 9.56. The van der Waals surface area contributed by atoms with Gasteiger partial charge in [-0.05, 0) is 73.7 Å². The summed E-state index contributed by atoms with van der Waals surface area (Å²) in [7, 11) is -3.93. The number of carbonyl (C=O) groups is 1. The zero-order valence-corrected chi connectivity index (χ0v) is 19.0. The molecule has 7 heteroatoms. The Kier molecular flexibility index (Phi) is 7.64. The number of sulfonamides is 1. The fourth-order valence-electron chi connectivity index (χ4n) is 3.37. The first-order chi connectivity index (χ1) is 15.3. The summed E-state index contributed by atoms with van der Waals surface area (Å²) in [6.45, 7) is 3.77. The number of rotatable bonds is 9. The maximum Gasteiger partial charge on any atom is 0.264 e. The number of amides is 1. The van der Waals surface area contributed by atoms with Gasteiger partial charge in [-0.15, -0.1) is 0 Å². The monoisotopic (exact) mass is 454 g/mol. The minimum absolute atomic E-state index is 0.130. The largest absolute Gasteiger partial charge is 0.355 e. The van der Waals surface area contributed by atoms with Gasteiger partial charge in [0.15, 0.2) is 0 Å². The van der Waals surface area contributed by atoms with Gasteiger partial charge in [0.25, 0.3) is 10.0 Å². The van der Waals surface area contributed by atoms with E-state index in [1.54, 1.807) is 36.4 Å². The molecule has 3 aromatic carbocycles. The van der Waals surface area contributed by atoms with Gasteiger partial charge in [0.05, 0.1) is 10.6 Å². The SMILES string of the molecule is Cc1ccc(C)c(N(CC(=O)NCCCc2ccc(F)cc2)S(=O)(=O)c2ccccc2)c1. The topological polar surface area (TPSA) is 66.5 Å². The van der Waals surface area contributed by atoms with Crippen molar-refractivity contribution in [3.05, 3.63) is 95.3 Å². The summed E-state index contributed by atoms with van der Waals surface area (Å²) in [6.07, 6.45) is 1.34. The molecule has 0 saturated heterocycles. The van der Waals surface area contributed by atoms with Crippen LogP contribution in [0.1, 0.15) is 23.1 Å². The minimum Gasteiger partial charge on any atom is -0.355 e. The first kappa shape index (κ1) is 23.5. The number of carbonyl (C=O) groups excluding carboxylic acids is 1. The van der Waals surface area contributed by atoms with Crippen molar-refractivity contribution >= 4 is 21.6 Å². The molecule has 5 nitrogen and oxygen atoms in total. The van der Waals surface area contributed by atoms with Gasteiger partial charge in [-0.3, -0.25) is 9.10 Å². The summed E-state index contributed by atoms with van der Waals surface area (Å²) in [5, 5.41) is 2.80. The summed E-state index contributed by atoms with van der Waals surface area (Å²) in [6, 6.07) is 19.9. The number of anilines is 1. The van der Waals surface area contributed by atoms with Gasteiger partial charge in [-0.25, -0.2) is 12.8 Å². The average Bonchev–Trinajstić information content (AvgIpc) is 2.78. The molecule has 0 heterocycles. The Bertz CT molecular complexity index is 1160. The number of halogens is 1. The van der Waals surface area contributed by atoms with E-state index in [9.17, 15) is 17.6 Å².